The SMILES string of the molecule is CCCCCCCCc1cccc(OC(CC)COC(=O)CCCC[N+](C)(C)Cc2ccccc2)c1. The van der Waals surface area contributed by atoms with Crippen molar-refractivity contribution in [3.05, 3.63) is 65.7 Å². The van der Waals surface area contributed by atoms with Crippen LogP contribution >= 0.6 is 0 Å². The van der Waals surface area contributed by atoms with Gasteiger partial charge in [0.1, 0.15) is 25.0 Å². The van der Waals surface area contributed by atoms with E-state index in [1.165, 1.54) is 49.7 Å². The van der Waals surface area contributed by atoms with Crippen LogP contribution in [0.1, 0.15) is 89.2 Å². The molecule has 0 fully saturated rings. The lowest BCUT2D eigenvalue weighted by Crippen LogP contribution is -2.39. The summed E-state index contributed by atoms with van der Waals surface area (Å²) in [6.07, 6.45) is 12.0. The second kappa shape index (κ2) is 17.2. The van der Waals surface area contributed by atoms with Crippen LogP contribution in [0.25, 0.3) is 0 Å². The lowest BCUT2D eigenvalue weighted by atomic mass is 10.0. The van der Waals surface area contributed by atoms with Gasteiger partial charge in [-0.2, -0.15) is 0 Å². The number of nitrogens with zero attached hydrogens (tertiary/aromatic N) is 1. The molecule has 0 bridgehead atoms. The molecule has 0 aliphatic heterocycles. The first-order chi connectivity index (χ1) is 17.4. The highest BCUT2D eigenvalue weighted by molar-refractivity contribution is 5.69. The summed E-state index contributed by atoms with van der Waals surface area (Å²) in [7, 11) is 4.49. The Kier molecular flexibility index (Phi) is 14.3. The van der Waals surface area contributed by atoms with E-state index in [9.17, 15) is 4.79 Å². The average molecular weight is 497 g/mol. The minimum Gasteiger partial charge on any atom is -0.487 e. The normalized spacial score (nSPS) is 12.3. The van der Waals surface area contributed by atoms with Gasteiger partial charge in [-0.15, -0.1) is 0 Å². The third-order valence-electron chi connectivity index (χ3n) is 6.75. The predicted octanol–water partition coefficient (Wildman–Crippen LogP) is 7.74. The molecule has 0 heterocycles. The molecule has 4 nitrogen and oxygen atoms in total. The van der Waals surface area contributed by atoms with Gasteiger partial charge in [0.15, 0.2) is 0 Å². The average Bonchev–Trinajstić information content (AvgIpc) is 2.87. The zero-order valence-corrected chi connectivity index (χ0v) is 23.3. The molecule has 0 aliphatic rings. The molecule has 0 saturated carbocycles. The number of hydrogen-bond acceptors (Lipinski definition) is 3. The molecule has 1 atom stereocenters. The number of unbranched alkanes of at least 4 members (excludes halogenated alkanes) is 6. The Morgan fingerprint density at radius 2 is 1.56 bits per heavy atom. The maximum absolute atomic E-state index is 12.3. The van der Waals surface area contributed by atoms with E-state index in [0.29, 0.717) is 13.0 Å². The van der Waals surface area contributed by atoms with Crippen molar-refractivity contribution in [3.8, 4) is 5.75 Å². The van der Waals surface area contributed by atoms with E-state index < -0.39 is 0 Å². The van der Waals surface area contributed by atoms with E-state index in [4.69, 9.17) is 9.47 Å². The number of esters is 1. The minimum atomic E-state index is -0.123. The molecular formula is C32H50NO3+. The highest BCUT2D eigenvalue weighted by Gasteiger charge is 2.16. The molecule has 0 spiro atoms. The summed E-state index contributed by atoms with van der Waals surface area (Å²) in [5.41, 5.74) is 2.67. The summed E-state index contributed by atoms with van der Waals surface area (Å²) >= 11 is 0. The smallest absolute Gasteiger partial charge is 0.305 e. The number of rotatable bonds is 19. The summed E-state index contributed by atoms with van der Waals surface area (Å²) < 4.78 is 12.6. The van der Waals surface area contributed by atoms with Crippen LogP contribution in [0.2, 0.25) is 0 Å². The summed E-state index contributed by atoms with van der Waals surface area (Å²) in [6.45, 7) is 6.68. The van der Waals surface area contributed by atoms with Crippen molar-refractivity contribution in [1.29, 1.82) is 0 Å². The van der Waals surface area contributed by atoms with Crippen molar-refractivity contribution < 1.29 is 18.8 Å². The number of ether oxygens (including phenoxy) is 2. The highest BCUT2D eigenvalue weighted by Crippen LogP contribution is 2.19. The van der Waals surface area contributed by atoms with Crippen LogP contribution in [0.15, 0.2) is 54.6 Å². The van der Waals surface area contributed by atoms with Crippen LogP contribution < -0.4 is 4.74 Å². The van der Waals surface area contributed by atoms with Gasteiger partial charge in [0, 0.05) is 12.0 Å². The van der Waals surface area contributed by atoms with Crippen molar-refractivity contribution in [1.82, 2.24) is 0 Å². The van der Waals surface area contributed by atoms with Gasteiger partial charge in [-0.05, 0) is 49.8 Å². The van der Waals surface area contributed by atoms with Gasteiger partial charge in [0.25, 0.3) is 0 Å². The fourth-order valence-electron chi connectivity index (χ4n) is 4.54. The zero-order valence-electron chi connectivity index (χ0n) is 23.3. The molecule has 0 aliphatic carbocycles. The number of hydrogen-bond donors (Lipinski definition) is 0. The number of aryl methyl sites for hydroxylation is 1. The van der Waals surface area contributed by atoms with E-state index in [-0.39, 0.29) is 12.1 Å². The molecule has 0 amide bonds. The van der Waals surface area contributed by atoms with Crippen LogP contribution in [0.5, 0.6) is 5.75 Å². The van der Waals surface area contributed by atoms with Gasteiger partial charge >= 0.3 is 5.97 Å². The van der Waals surface area contributed by atoms with Gasteiger partial charge in [-0.25, -0.2) is 0 Å². The molecule has 1 unspecified atom stereocenters. The Balaban J connectivity index is 1.64. The van der Waals surface area contributed by atoms with Crippen LogP contribution in [0.3, 0.4) is 0 Å². The molecule has 0 aromatic heterocycles. The lowest BCUT2D eigenvalue weighted by molar-refractivity contribution is -0.903. The fourth-order valence-corrected chi connectivity index (χ4v) is 4.54. The third-order valence-corrected chi connectivity index (χ3v) is 6.75. The second-order valence-electron chi connectivity index (χ2n) is 10.8. The van der Waals surface area contributed by atoms with E-state index in [1.807, 2.05) is 6.07 Å². The molecule has 0 radical (unpaired) electrons. The van der Waals surface area contributed by atoms with Gasteiger partial charge in [0.2, 0.25) is 0 Å². The summed E-state index contributed by atoms with van der Waals surface area (Å²) in [5, 5.41) is 0. The number of benzene rings is 2. The standard InChI is InChI=1S/C32H50NO3/c1-5-7-8-9-10-12-18-28-21-17-22-31(25-28)36-30(6-2)27-35-32(34)23-15-16-24-33(3,4)26-29-19-13-11-14-20-29/h11,13-14,17,19-22,25,30H,5-10,12,15-16,18,23-24,26-27H2,1-4H3/q+1. The molecule has 0 N–H and O–H groups in total. The predicted molar refractivity (Wildman–Crippen MR) is 150 cm³/mol. The van der Waals surface area contributed by atoms with Crippen LogP contribution in [-0.2, 0) is 22.5 Å². The summed E-state index contributed by atoms with van der Waals surface area (Å²) in [5.74, 6) is 0.752. The monoisotopic (exact) mass is 496 g/mol. The quantitative estimate of drug-likeness (QED) is 0.113. The molecular weight excluding hydrogens is 446 g/mol. The lowest BCUT2D eigenvalue weighted by Gasteiger charge is -2.30. The third kappa shape index (κ3) is 13.1. The minimum absolute atomic E-state index is 0.111. The van der Waals surface area contributed by atoms with Gasteiger partial charge < -0.3 is 14.0 Å². The van der Waals surface area contributed by atoms with Gasteiger partial charge in [-0.1, -0.05) is 88.4 Å². The molecule has 2 rings (SSSR count). The van der Waals surface area contributed by atoms with Gasteiger partial charge in [0.05, 0.1) is 20.6 Å². The molecule has 2 aromatic carbocycles. The number of carbonyl (C=O) groups is 1. The Morgan fingerprint density at radius 1 is 0.833 bits per heavy atom. The molecule has 2 aromatic rings. The first-order valence-corrected chi connectivity index (χ1v) is 14.2. The maximum Gasteiger partial charge on any atom is 0.305 e. The summed E-state index contributed by atoms with van der Waals surface area (Å²) in [6, 6.07) is 19.0. The first kappa shape index (κ1) is 29.9. The maximum atomic E-state index is 12.3. The van der Waals surface area contributed by atoms with Gasteiger partial charge in [-0.3, -0.25) is 4.79 Å². The van der Waals surface area contributed by atoms with Crippen LogP contribution in [0.4, 0.5) is 0 Å². The van der Waals surface area contributed by atoms with E-state index >= 15 is 0 Å². The largest absolute Gasteiger partial charge is 0.487 e. The fraction of sp³-hybridized carbons (Fsp3) is 0.594. The van der Waals surface area contributed by atoms with E-state index in [2.05, 4.69) is 76.5 Å². The first-order valence-electron chi connectivity index (χ1n) is 14.2. The zero-order chi connectivity index (χ0) is 26.1. The Hall–Kier alpha value is -2.33. The molecule has 0 saturated heterocycles. The summed E-state index contributed by atoms with van der Waals surface area (Å²) in [4.78, 5) is 12.3. The Labute approximate surface area is 220 Å². The topological polar surface area (TPSA) is 35.5 Å². The Morgan fingerprint density at radius 3 is 2.31 bits per heavy atom. The second-order valence-corrected chi connectivity index (χ2v) is 10.8. The Bertz CT molecular complexity index is 849. The van der Waals surface area contributed by atoms with Crippen molar-refractivity contribution in [2.75, 3.05) is 27.2 Å². The number of carbonyl (C=O) groups excluding carboxylic acids is 1. The van der Waals surface area contributed by atoms with Crippen molar-refractivity contribution >= 4 is 5.97 Å². The van der Waals surface area contributed by atoms with Crippen molar-refractivity contribution in [2.45, 2.75) is 97.1 Å². The van der Waals surface area contributed by atoms with E-state index in [1.54, 1.807) is 0 Å². The molecule has 4 heteroatoms. The molecule has 36 heavy (non-hydrogen) atoms. The highest BCUT2D eigenvalue weighted by atomic mass is 16.6. The van der Waals surface area contributed by atoms with Crippen molar-refractivity contribution in [3.63, 3.8) is 0 Å². The van der Waals surface area contributed by atoms with Crippen molar-refractivity contribution in [2.24, 2.45) is 0 Å². The van der Waals surface area contributed by atoms with Crippen LogP contribution in [-0.4, -0.2) is 43.8 Å². The molecule has 200 valence electrons. The van der Waals surface area contributed by atoms with E-state index in [0.717, 1.165) is 49.0 Å². The number of quaternary nitrogens is 1. The van der Waals surface area contributed by atoms with Crippen LogP contribution in [0, 0.1) is 0 Å².